The fraction of sp³-hybridized carbons (Fsp3) is 0.417. The maximum absolute atomic E-state index is 5.54. The second-order valence-electron chi connectivity index (χ2n) is 8.62. The molecule has 1 aliphatic heterocycles. The summed E-state index contributed by atoms with van der Waals surface area (Å²) in [5, 5.41) is 5.19. The van der Waals surface area contributed by atoms with E-state index in [1.165, 1.54) is 59.1 Å². The number of methoxy groups -OCH3 is 1. The number of imidazole rings is 1. The highest BCUT2D eigenvalue weighted by atomic mass is 32.1. The molecule has 6 rings (SSSR count). The number of nitrogens with one attached hydrogen (secondary N) is 1. The summed E-state index contributed by atoms with van der Waals surface area (Å²) in [5.41, 5.74) is 5.73. The van der Waals surface area contributed by atoms with E-state index >= 15 is 0 Å². The Morgan fingerprint density at radius 2 is 2.00 bits per heavy atom. The van der Waals surface area contributed by atoms with Gasteiger partial charge in [-0.1, -0.05) is 31.4 Å². The van der Waals surface area contributed by atoms with Crippen molar-refractivity contribution in [2.75, 3.05) is 12.4 Å². The summed E-state index contributed by atoms with van der Waals surface area (Å²) < 4.78 is 8.00. The first kappa shape index (κ1) is 18.3. The number of hydrogen-bond donors (Lipinski definition) is 1. The van der Waals surface area contributed by atoms with Crippen molar-refractivity contribution in [3.8, 4) is 10.7 Å². The van der Waals surface area contributed by atoms with Crippen LogP contribution in [0.15, 0.2) is 30.3 Å². The summed E-state index contributed by atoms with van der Waals surface area (Å²) in [7, 11) is 1.76. The molecule has 4 aromatic rings. The molecule has 5 nitrogen and oxygen atoms in total. The Bertz CT molecular complexity index is 1250. The number of nitrogens with zero attached hydrogens (tertiary/aromatic N) is 3. The molecule has 30 heavy (non-hydrogen) atoms. The molecule has 0 radical (unpaired) electrons. The monoisotopic (exact) mass is 418 g/mol. The molecule has 0 saturated heterocycles. The maximum atomic E-state index is 5.54. The van der Waals surface area contributed by atoms with Crippen LogP contribution in [0.5, 0.6) is 0 Å². The normalized spacial score (nSPS) is 19.1. The number of aryl methyl sites for hydroxylation is 1. The molecule has 0 unspecified atom stereocenters. The fourth-order valence-corrected chi connectivity index (χ4v) is 6.57. The van der Waals surface area contributed by atoms with Gasteiger partial charge in [0.05, 0.1) is 28.2 Å². The zero-order chi connectivity index (χ0) is 20.2. The average molecular weight is 419 g/mol. The van der Waals surface area contributed by atoms with Gasteiger partial charge in [0.1, 0.15) is 11.0 Å². The first-order chi connectivity index (χ1) is 14.7. The summed E-state index contributed by atoms with van der Waals surface area (Å²) in [6, 6.07) is 10.7. The molecule has 6 heteroatoms. The minimum atomic E-state index is 0.231. The Labute approximate surface area is 180 Å². The largest absolute Gasteiger partial charge is 0.380 e. The third kappa shape index (κ3) is 2.70. The van der Waals surface area contributed by atoms with Gasteiger partial charge in [0.2, 0.25) is 0 Å². The SMILES string of the molecule is COCc1cc(C)nc2sc3c(c12)N[C@H](C1CCCCC1)n1c-3nc2ccccc21. The Morgan fingerprint density at radius 1 is 1.17 bits per heavy atom. The fourth-order valence-electron chi connectivity index (χ4n) is 5.35. The predicted octanol–water partition coefficient (Wildman–Crippen LogP) is 6.27. The van der Waals surface area contributed by atoms with E-state index in [0.717, 1.165) is 21.9 Å². The minimum Gasteiger partial charge on any atom is -0.380 e. The van der Waals surface area contributed by atoms with Crippen molar-refractivity contribution in [1.29, 1.82) is 0 Å². The molecule has 0 spiro atoms. The summed E-state index contributed by atoms with van der Waals surface area (Å²) in [5.74, 6) is 1.70. The molecule has 0 amide bonds. The smallest absolute Gasteiger partial charge is 0.155 e. The number of anilines is 1. The number of fused-ring (bicyclic) bond motifs is 7. The number of thiophene rings is 1. The molecule has 2 aliphatic rings. The van der Waals surface area contributed by atoms with Crippen molar-refractivity contribution in [3.63, 3.8) is 0 Å². The summed E-state index contributed by atoms with van der Waals surface area (Å²) in [6.07, 6.45) is 6.76. The van der Waals surface area contributed by atoms with Crippen molar-refractivity contribution < 1.29 is 4.74 Å². The third-order valence-corrected chi connectivity index (χ3v) is 7.72. The summed E-state index contributed by atoms with van der Waals surface area (Å²) in [4.78, 5) is 12.3. The van der Waals surface area contributed by atoms with E-state index in [4.69, 9.17) is 14.7 Å². The highest BCUT2D eigenvalue weighted by Gasteiger charge is 2.36. The van der Waals surface area contributed by atoms with Gasteiger partial charge in [-0.2, -0.15) is 0 Å². The lowest BCUT2D eigenvalue weighted by Crippen LogP contribution is -2.31. The summed E-state index contributed by atoms with van der Waals surface area (Å²) in [6.45, 7) is 2.65. The molecule has 1 N–H and O–H groups in total. The number of rotatable bonds is 3. The minimum absolute atomic E-state index is 0.231. The van der Waals surface area contributed by atoms with E-state index in [0.29, 0.717) is 12.5 Å². The maximum Gasteiger partial charge on any atom is 0.155 e. The van der Waals surface area contributed by atoms with Gasteiger partial charge in [-0.25, -0.2) is 9.97 Å². The number of hydrogen-bond acceptors (Lipinski definition) is 5. The number of ether oxygens (including phenoxy) is 1. The standard InChI is InChI=1S/C24H26N4OS/c1-14-12-16(13-29-2)19-20-21(30-24(19)25-14)23-26-17-10-6-7-11-18(17)28(23)22(27-20)15-8-4-3-5-9-15/h6-7,10-12,15,22,27H,3-5,8-9,13H2,1-2H3/t22-/m0/s1. The Balaban J connectivity index is 1.63. The predicted molar refractivity (Wildman–Crippen MR) is 123 cm³/mol. The topological polar surface area (TPSA) is 52.0 Å². The molecule has 0 bridgehead atoms. The van der Waals surface area contributed by atoms with Gasteiger partial charge in [0.25, 0.3) is 0 Å². The van der Waals surface area contributed by atoms with Crippen molar-refractivity contribution in [2.24, 2.45) is 5.92 Å². The lowest BCUT2D eigenvalue weighted by molar-refractivity contribution is 0.186. The quantitative estimate of drug-likeness (QED) is 0.426. The third-order valence-electron chi connectivity index (χ3n) is 6.64. The van der Waals surface area contributed by atoms with Gasteiger partial charge in [0.15, 0.2) is 5.82 Å². The molecule has 154 valence electrons. The average Bonchev–Trinajstić information content (AvgIpc) is 3.32. The van der Waals surface area contributed by atoms with Crippen molar-refractivity contribution in [2.45, 2.75) is 51.8 Å². The van der Waals surface area contributed by atoms with Crippen LogP contribution in [-0.2, 0) is 11.3 Å². The molecular weight excluding hydrogens is 392 g/mol. The van der Waals surface area contributed by atoms with Crippen molar-refractivity contribution in [1.82, 2.24) is 14.5 Å². The van der Waals surface area contributed by atoms with E-state index in [1.807, 2.05) is 0 Å². The highest BCUT2D eigenvalue weighted by molar-refractivity contribution is 7.22. The van der Waals surface area contributed by atoms with Crippen LogP contribution in [0.25, 0.3) is 32.0 Å². The number of aromatic nitrogens is 3. The van der Waals surface area contributed by atoms with Gasteiger partial charge in [-0.15, -0.1) is 11.3 Å². The van der Waals surface area contributed by atoms with Gasteiger partial charge in [-0.3, -0.25) is 0 Å². The Kier molecular flexibility index (Phi) is 4.32. The van der Waals surface area contributed by atoms with E-state index in [-0.39, 0.29) is 6.17 Å². The molecule has 1 aromatic carbocycles. The Morgan fingerprint density at radius 3 is 2.83 bits per heavy atom. The molecule has 1 fully saturated rings. The molecule has 3 aromatic heterocycles. The van der Waals surface area contributed by atoms with E-state index in [1.54, 1.807) is 18.4 Å². The second kappa shape index (κ2) is 7.06. The number of pyridine rings is 1. The van der Waals surface area contributed by atoms with Crippen molar-refractivity contribution in [3.05, 3.63) is 41.6 Å². The molecule has 1 saturated carbocycles. The highest BCUT2D eigenvalue weighted by Crippen LogP contribution is 2.51. The van der Waals surface area contributed by atoms with Crippen LogP contribution in [-0.4, -0.2) is 21.6 Å². The molecule has 1 atom stereocenters. The molecule has 1 aliphatic carbocycles. The van der Waals surface area contributed by atoms with Crippen LogP contribution < -0.4 is 5.32 Å². The Hall–Kier alpha value is -2.44. The van der Waals surface area contributed by atoms with Gasteiger partial charge < -0.3 is 14.6 Å². The second-order valence-corrected chi connectivity index (χ2v) is 9.62. The van der Waals surface area contributed by atoms with Crippen LogP contribution in [0.2, 0.25) is 0 Å². The van der Waals surface area contributed by atoms with Crippen LogP contribution in [0, 0.1) is 12.8 Å². The van der Waals surface area contributed by atoms with Gasteiger partial charge >= 0.3 is 0 Å². The zero-order valence-corrected chi connectivity index (χ0v) is 18.3. The van der Waals surface area contributed by atoms with Crippen LogP contribution >= 0.6 is 11.3 Å². The lowest BCUT2D eigenvalue weighted by Gasteiger charge is -2.36. The molecular formula is C24H26N4OS. The van der Waals surface area contributed by atoms with Gasteiger partial charge in [-0.05, 0) is 49.4 Å². The first-order valence-corrected chi connectivity index (χ1v) is 11.7. The molecule has 4 heterocycles. The van der Waals surface area contributed by atoms with E-state index < -0.39 is 0 Å². The van der Waals surface area contributed by atoms with E-state index in [2.05, 4.69) is 47.1 Å². The summed E-state index contributed by atoms with van der Waals surface area (Å²) >= 11 is 1.75. The first-order valence-electron chi connectivity index (χ1n) is 10.9. The zero-order valence-electron chi connectivity index (χ0n) is 17.4. The van der Waals surface area contributed by atoms with Crippen LogP contribution in [0.3, 0.4) is 0 Å². The van der Waals surface area contributed by atoms with Crippen molar-refractivity contribution >= 4 is 38.3 Å². The lowest BCUT2D eigenvalue weighted by atomic mass is 9.86. The van der Waals surface area contributed by atoms with Gasteiger partial charge in [0, 0.05) is 18.2 Å². The number of para-hydroxylation sites is 2. The number of benzene rings is 1. The van der Waals surface area contributed by atoms with Crippen LogP contribution in [0.4, 0.5) is 5.69 Å². The van der Waals surface area contributed by atoms with E-state index in [9.17, 15) is 0 Å². The van der Waals surface area contributed by atoms with Crippen LogP contribution in [0.1, 0.15) is 49.5 Å².